The van der Waals surface area contributed by atoms with Crippen LogP contribution in [-0.4, -0.2) is 33.5 Å². The van der Waals surface area contributed by atoms with Gasteiger partial charge in [0.1, 0.15) is 6.33 Å². The first kappa shape index (κ1) is 12.1. The molecule has 4 heteroatoms. The minimum absolute atomic E-state index is 0.0549. The van der Waals surface area contributed by atoms with Gasteiger partial charge in [-0.25, -0.2) is 9.97 Å². The summed E-state index contributed by atoms with van der Waals surface area (Å²) < 4.78 is 0. The molecular formula is C14H22N4. The van der Waals surface area contributed by atoms with Crippen LogP contribution in [0.1, 0.15) is 50.1 Å². The van der Waals surface area contributed by atoms with Gasteiger partial charge in [-0.1, -0.05) is 12.8 Å². The van der Waals surface area contributed by atoms with E-state index in [2.05, 4.69) is 14.9 Å². The number of rotatable bonds is 3. The van der Waals surface area contributed by atoms with Crippen molar-refractivity contribution in [2.24, 2.45) is 5.73 Å². The Kier molecular flexibility index (Phi) is 3.31. The van der Waals surface area contributed by atoms with Crippen molar-refractivity contribution >= 4 is 0 Å². The highest BCUT2D eigenvalue weighted by Gasteiger charge is 2.45. The predicted octanol–water partition coefficient (Wildman–Crippen LogP) is 1.88. The fourth-order valence-electron chi connectivity index (χ4n) is 3.76. The summed E-state index contributed by atoms with van der Waals surface area (Å²) in [5, 5.41) is 0. The van der Waals surface area contributed by atoms with Crippen molar-refractivity contribution in [3.63, 3.8) is 0 Å². The zero-order chi connectivity index (χ0) is 12.4. The predicted molar refractivity (Wildman–Crippen MR) is 71.0 cm³/mol. The molecule has 0 radical (unpaired) electrons. The standard InChI is InChI=1S/C14H22N4/c15-13(12-9-16-11-17-10-12)14(5-1-2-6-14)18-7-3-4-8-18/h9-11,13H,1-8,15H2. The third-order valence-corrected chi connectivity index (χ3v) is 4.72. The van der Waals surface area contributed by atoms with E-state index in [1.165, 1.54) is 51.6 Å². The van der Waals surface area contributed by atoms with Crippen LogP contribution >= 0.6 is 0 Å². The van der Waals surface area contributed by atoms with Gasteiger partial charge in [0.25, 0.3) is 0 Å². The molecule has 1 aromatic heterocycles. The van der Waals surface area contributed by atoms with E-state index in [1.54, 1.807) is 6.33 Å². The average Bonchev–Trinajstić information content (AvgIpc) is 3.10. The first-order valence-corrected chi connectivity index (χ1v) is 7.08. The Bertz CT molecular complexity index is 380. The van der Waals surface area contributed by atoms with Gasteiger partial charge in [-0.3, -0.25) is 4.90 Å². The molecule has 0 amide bonds. The van der Waals surface area contributed by atoms with Crippen molar-refractivity contribution in [1.82, 2.24) is 14.9 Å². The molecule has 1 saturated carbocycles. The van der Waals surface area contributed by atoms with Crippen LogP contribution in [0.25, 0.3) is 0 Å². The summed E-state index contributed by atoms with van der Waals surface area (Å²) in [5.74, 6) is 0. The molecule has 18 heavy (non-hydrogen) atoms. The van der Waals surface area contributed by atoms with Gasteiger partial charge in [-0.05, 0) is 38.8 Å². The summed E-state index contributed by atoms with van der Waals surface area (Å²) in [5.41, 5.74) is 7.85. The van der Waals surface area contributed by atoms with E-state index in [4.69, 9.17) is 5.73 Å². The van der Waals surface area contributed by atoms with Crippen LogP contribution in [0, 0.1) is 0 Å². The van der Waals surface area contributed by atoms with E-state index in [1.807, 2.05) is 12.4 Å². The fraction of sp³-hybridized carbons (Fsp3) is 0.714. The molecule has 2 aliphatic rings. The fourth-order valence-corrected chi connectivity index (χ4v) is 3.76. The second kappa shape index (κ2) is 4.94. The Morgan fingerprint density at radius 1 is 1.06 bits per heavy atom. The highest BCUT2D eigenvalue weighted by atomic mass is 15.2. The lowest BCUT2D eigenvalue weighted by Crippen LogP contribution is -2.52. The number of likely N-dealkylation sites (tertiary alicyclic amines) is 1. The zero-order valence-corrected chi connectivity index (χ0v) is 10.9. The van der Waals surface area contributed by atoms with Gasteiger partial charge in [0.15, 0.2) is 0 Å². The van der Waals surface area contributed by atoms with Gasteiger partial charge < -0.3 is 5.73 Å². The summed E-state index contributed by atoms with van der Waals surface area (Å²) in [6.45, 7) is 2.42. The van der Waals surface area contributed by atoms with Crippen LogP contribution in [0.3, 0.4) is 0 Å². The van der Waals surface area contributed by atoms with E-state index in [0.29, 0.717) is 0 Å². The number of nitrogens with zero attached hydrogens (tertiary/aromatic N) is 3. The van der Waals surface area contributed by atoms with Crippen molar-refractivity contribution in [2.45, 2.75) is 50.1 Å². The maximum absolute atomic E-state index is 6.59. The minimum Gasteiger partial charge on any atom is -0.322 e. The Labute approximate surface area is 109 Å². The van der Waals surface area contributed by atoms with Crippen molar-refractivity contribution in [2.75, 3.05) is 13.1 Å². The third-order valence-electron chi connectivity index (χ3n) is 4.72. The minimum atomic E-state index is 0.0549. The Morgan fingerprint density at radius 2 is 1.67 bits per heavy atom. The van der Waals surface area contributed by atoms with E-state index in [0.717, 1.165) is 5.56 Å². The monoisotopic (exact) mass is 246 g/mol. The smallest absolute Gasteiger partial charge is 0.115 e. The lowest BCUT2D eigenvalue weighted by atomic mass is 9.83. The molecule has 98 valence electrons. The largest absolute Gasteiger partial charge is 0.322 e. The van der Waals surface area contributed by atoms with Crippen LogP contribution in [0.15, 0.2) is 18.7 Å². The van der Waals surface area contributed by atoms with Gasteiger partial charge >= 0.3 is 0 Å². The summed E-state index contributed by atoms with van der Waals surface area (Å²) in [6, 6.07) is 0.0549. The molecule has 1 aliphatic carbocycles. The molecule has 1 atom stereocenters. The van der Waals surface area contributed by atoms with Crippen molar-refractivity contribution < 1.29 is 0 Å². The summed E-state index contributed by atoms with van der Waals surface area (Å²) >= 11 is 0. The maximum atomic E-state index is 6.59. The Hall–Kier alpha value is -1.00. The van der Waals surface area contributed by atoms with Crippen LogP contribution in [-0.2, 0) is 0 Å². The molecule has 1 saturated heterocycles. The number of nitrogens with two attached hydrogens (primary N) is 1. The Morgan fingerprint density at radius 3 is 2.28 bits per heavy atom. The summed E-state index contributed by atoms with van der Waals surface area (Å²) in [7, 11) is 0. The summed E-state index contributed by atoms with van der Waals surface area (Å²) in [6.07, 6.45) is 13.0. The number of hydrogen-bond acceptors (Lipinski definition) is 4. The van der Waals surface area contributed by atoms with Crippen LogP contribution < -0.4 is 5.73 Å². The van der Waals surface area contributed by atoms with Gasteiger partial charge in [0, 0.05) is 23.5 Å². The van der Waals surface area contributed by atoms with Gasteiger partial charge in [-0.15, -0.1) is 0 Å². The van der Waals surface area contributed by atoms with E-state index < -0.39 is 0 Å². The topological polar surface area (TPSA) is 55.0 Å². The number of hydrogen-bond donors (Lipinski definition) is 1. The summed E-state index contributed by atoms with van der Waals surface area (Å²) in [4.78, 5) is 10.9. The molecule has 1 aliphatic heterocycles. The van der Waals surface area contributed by atoms with E-state index in [-0.39, 0.29) is 11.6 Å². The van der Waals surface area contributed by atoms with Crippen molar-refractivity contribution in [3.05, 3.63) is 24.3 Å². The second-order valence-corrected chi connectivity index (χ2v) is 5.65. The molecule has 1 unspecified atom stereocenters. The third kappa shape index (κ3) is 1.93. The van der Waals surface area contributed by atoms with Crippen LogP contribution in [0.4, 0.5) is 0 Å². The molecule has 0 aromatic carbocycles. The first-order chi connectivity index (χ1) is 8.83. The molecule has 1 aromatic rings. The molecule has 2 heterocycles. The maximum Gasteiger partial charge on any atom is 0.115 e. The lowest BCUT2D eigenvalue weighted by molar-refractivity contribution is 0.0919. The van der Waals surface area contributed by atoms with Gasteiger partial charge in [-0.2, -0.15) is 0 Å². The molecule has 3 rings (SSSR count). The number of aromatic nitrogens is 2. The lowest BCUT2D eigenvalue weighted by Gasteiger charge is -2.43. The molecule has 0 spiro atoms. The highest BCUT2D eigenvalue weighted by molar-refractivity contribution is 5.18. The molecular weight excluding hydrogens is 224 g/mol. The molecule has 2 N–H and O–H groups in total. The first-order valence-electron chi connectivity index (χ1n) is 7.08. The van der Waals surface area contributed by atoms with Crippen molar-refractivity contribution in [1.29, 1.82) is 0 Å². The SMILES string of the molecule is NC(c1cncnc1)C1(N2CCCC2)CCCC1. The van der Waals surface area contributed by atoms with Crippen molar-refractivity contribution in [3.8, 4) is 0 Å². The van der Waals surface area contributed by atoms with Crippen LogP contribution in [0.5, 0.6) is 0 Å². The highest BCUT2D eigenvalue weighted by Crippen LogP contribution is 2.44. The Balaban J connectivity index is 1.89. The van der Waals surface area contributed by atoms with E-state index >= 15 is 0 Å². The average molecular weight is 246 g/mol. The normalized spacial score (nSPS) is 25.4. The second-order valence-electron chi connectivity index (χ2n) is 5.65. The van der Waals surface area contributed by atoms with Gasteiger partial charge in [0.2, 0.25) is 0 Å². The molecule has 2 fully saturated rings. The van der Waals surface area contributed by atoms with E-state index in [9.17, 15) is 0 Å². The van der Waals surface area contributed by atoms with Crippen LogP contribution in [0.2, 0.25) is 0 Å². The van der Waals surface area contributed by atoms with Gasteiger partial charge in [0.05, 0.1) is 6.04 Å². The quantitative estimate of drug-likeness (QED) is 0.885. The molecule has 4 nitrogen and oxygen atoms in total. The molecule has 0 bridgehead atoms. The zero-order valence-electron chi connectivity index (χ0n) is 10.9.